The molecule has 2 rings (SSSR count). The summed E-state index contributed by atoms with van der Waals surface area (Å²) in [6.45, 7) is 0. The molecule has 5 nitrogen and oxygen atoms in total. The molecule has 0 saturated carbocycles. The maximum Gasteiger partial charge on any atom is 0.355 e. The molecule has 0 spiro atoms. The van der Waals surface area contributed by atoms with Crippen molar-refractivity contribution >= 4 is 21.7 Å². The number of halogens is 2. The molecule has 18 heavy (non-hydrogen) atoms. The first kappa shape index (κ1) is 12.7. The zero-order valence-corrected chi connectivity index (χ0v) is 9.77. The molecular weight excluding hydrogens is 268 g/mol. The lowest BCUT2D eigenvalue weighted by Gasteiger charge is -2.23. The van der Waals surface area contributed by atoms with Crippen molar-refractivity contribution in [2.45, 2.75) is 18.2 Å². The Morgan fingerprint density at radius 2 is 2.00 bits per heavy atom. The number of hydrogen-bond donors (Lipinski definition) is 1. The van der Waals surface area contributed by atoms with Crippen molar-refractivity contribution in [3.63, 3.8) is 0 Å². The van der Waals surface area contributed by atoms with Gasteiger partial charge in [-0.2, -0.15) is 8.78 Å². The molecule has 1 aromatic carbocycles. The molecule has 1 atom stereocenters. The van der Waals surface area contributed by atoms with Crippen LogP contribution in [0.5, 0.6) is 0 Å². The monoisotopic (exact) mass is 277 g/mol. The van der Waals surface area contributed by atoms with Gasteiger partial charge in [0.1, 0.15) is 6.04 Å². The highest BCUT2D eigenvalue weighted by atomic mass is 32.2. The lowest BCUT2D eigenvalue weighted by atomic mass is 10.1. The quantitative estimate of drug-likeness (QED) is 0.896. The van der Waals surface area contributed by atoms with Gasteiger partial charge < -0.3 is 5.11 Å². The number of hydrogen-bond acceptors (Lipinski definition) is 3. The number of aliphatic carboxylic acids is 1. The SMILES string of the molecule is O=C(O)[C@@H]1Cc2ccccc2N1S(=O)(=O)C(F)F. The smallest absolute Gasteiger partial charge is 0.355 e. The summed E-state index contributed by atoms with van der Waals surface area (Å²) in [4.78, 5) is 11.0. The Bertz CT molecular complexity index is 587. The first-order chi connectivity index (χ1) is 8.35. The van der Waals surface area contributed by atoms with E-state index in [0.717, 1.165) is 0 Å². The van der Waals surface area contributed by atoms with Crippen LogP contribution in [0.2, 0.25) is 0 Å². The minimum Gasteiger partial charge on any atom is -0.480 e. The van der Waals surface area contributed by atoms with Crippen molar-refractivity contribution in [2.24, 2.45) is 0 Å². The Hall–Kier alpha value is -1.70. The van der Waals surface area contributed by atoms with Crippen molar-refractivity contribution in [1.82, 2.24) is 0 Å². The first-order valence-corrected chi connectivity index (χ1v) is 6.48. The topological polar surface area (TPSA) is 74.7 Å². The number of benzene rings is 1. The predicted octanol–water partition coefficient (Wildman–Crippen LogP) is 1.05. The van der Waals surface area contributed by atoms with Gasteiger partial charge in [-0.3, -0.25) is 4.31 Å². The number of rotatable bonds is 3. The summed E-state index contributed by atoms with van der Waals surface area (Å²) in [6.07, 6.45) is -0.114. The van der Waals surface area contributed by atoms with Gasteiger partial charge in [0.15, 0.2) is 0 Å². The molecule has 0 fully saturated rings. The molecule has 1 N–H and O–H groups in total. The maximum absolute atomic E-state index is 12.6. The van der Waals surface area contributed by atoms with Crippen molar-refractivity contribution in [2.75, 3.05) is 4.31 Å². The predicted molar refractivity (Wildman–Crippen MR) is 59.0 cm³/mol. The van der Waals surface area contributed by atoms with Gasteiger partial charge in [0, 0.05) is 6.42 Å². The van der Waals surface area contributed by atoms with Crippen LogP contribution in [-0.2, 0) is 21.2 Å². The van der Waals surface area contributed by atoms with Crippen LogP contribution in [0.4, 0.5) is 14.5 Å². The minimum atomic E-state index is -4.97. The van der Waals surface area contributed by atoms with Gasteiger partial charge in [0.05, 0.1) is 5.69 Å². The molecule has 0 radical (unpaired) electrons. The number of alkyl halides is 2. The number of nitrogens with zero attached hydrogens (tertiary/aromatic N) is 1. The van der Waals surface area contributed by atoms with Crippen molar-refractivity contribution in [3.8, 4) is 0 Å². The van der Waals surface area contributed by atoms with E-state index >= 15 is 0 Å². The van der Waals surface area contributed by atoms with Crippen LogP contribution in [0.15, 0.2) is 24.3 Å². The summed E-state index contributed by atoms with van der Waals surface area (Å²) in [5, 5.41) is 8.95. The largest absolute Gasteiger partial charge is 0.480 e. The van der Waals surface area contributed by atoms with Crippen LogP contribution in [-0.4, -0.2) is 31.3 Å². The fourth-order valence-corrected chi connectivity index (χ4v) is 3.09. The zero-order chi connectivity index (χ0) is 13.5. The zero-order valence-electron chi connectivity index (χ0n) is 8.95. The second-order valence-electron chi connectivity index (χ2n) is 3.79. The molecule has 0 unspecified atom stereocenters. The standard InChI is InChI=1S/C10H9F2NO4S/c11-10(12)18(16,17)13-7-4-2-1-3-6(7)5-8(13)9(14)15/h1-4,8,10H,5H2,(H,14,15)/t8-/m0/s1. The highest BCUT2D eigenvalue weighted by Crippen LogP contribution is 2.36. The van der Waals surface area contributed by atoms with Crippen molar-refractivity contribution in [3.05, 3.63) is 29.8 Å². The highest BCUT2D eigenvalue weighted by molar-refractivity contribution is 7.93. The van der Waals surface area contributed by atoms with Gasteiger partial charge in [-0.05, 0) is 11.6 Å². The van der Waals surface area contributed by atoms with Crippen LogP contribution < -0.4 is 4.31 Å². The first-order valence-electron chi connectivity index (χ1n) is 4.98. The maximum atomic E-state index is 12.6. The molecule has 1 heterocycles. The van der Waals surface area contributed by atoms with Gasteiger partial charge >= 0.3 is 11.7 Å². The summed E-state index contributed by atoms with van der Waals surface area (Å²) in [5.74, 6) is -5.10. The number of anilines is 1. The molecule has 0 amide bonds. The molecule has 0 saturated heterocycles. The average molecular weight is 277 g/mol. The fourth-order valence-electron chi connectivity index (χ4n) is 1.95. The summed E-state index contributed by atoms with van der Waals surface area (Å²) >= 11 is 0. The lowest BCUT2D eigenvalue weighted by Crippen LogP contribution is -2.45. The fraction of sp³-hybridized carbons (Fsp3) is 0.300. The molecule has 0 aromatic heterocycles. The molecule has 1 aliphatic rings. The Morgan fingerprint density at radius 3 is 2.56 bits per heavy atom. The number of sulfonamides is 1. The van der Waals surface area contributed by atoms with E-state index in [-0.39, 0.29) is 12.1 Å². The number of carbonyl (C=O) groups is 1. The van der Waals surface area contributed by atoms with E-state index in [2.05, 4.69) is 0 Å². The highest BCUT2D eigenvalue weighted by Gasteiger charge is 2.45. The third-order valence-corrected chi connectivity index (χ3v) is 4.16. The molecule has 0 bridgehead atoms. The van der Waals surface area contributed by atoms with Crippen molar-refractivity contribution < 1.29 is 27.1 Å². The van der Waals surface area contributed by atoms with E-state index in [0.29, 0.717) is 9.87 Å². The summed E-state index contributed by atoms with van der Waals surface area (Å²) in [6, 6.07) is 4.39. The van der Waals surface area contributed by atoms with E-state index in [1.807, 2.05) is 0 Å². The Morgan fingerprint density at radius 1 is 1.39 bits per heavy atom. The van der Waals surface area contributed by atoms with Crippen LogP contribution in [0, 0.1) is 0 Å². The number of carboxylic acids is 1. The number of carboxylic acid groups (broad SMARTS) is 1. The molecule has 0 aliphatic carbocycles. The van der Waals surface area contributed by atoms with Gasteiger partial charge in [0.25, 0.3) is 10.0 Å². The molecule has 1 aromatic rings. The molecule has 8 heteroatoms. The molecular formula is C10H9F2NO4S. The Balaban J connectivity index is 2.57. The van der Waals surface area contributed by atoms with Crippen LogP contribution in [0.1, 0.15) is 5.56 Å². The van der Waals surface area contributed by atoms with Crippen LogP contribution in [0.3, 0.4) is 0 Å². The summed E-state index contributed by atoms with van der Waals surface area (Å²) in [7, 11) is -4.97. The number of fused-ring (bicyclic) bond motifs is 1. The van der Waals surface area contributed by atoms with E-state index < -0.39 is 27.8 Å². The number of para-hydroxylation sites is 1. The van der Waals surface area contributed by atoms with Crippen molar-refractivity contribution in [1.29, 1.82) is 0 Å². The Kier molecular flexibility index (Phi) is 2.97. The summed E-state index contributed by atoms with van der Waals surface area (Å²) < 4.78 is 48.5. The lowest BCUT2D eigenvalue weighted by molar-refractivity contribution is -0.138. The van der Waals surface area contributed by atoms with Gasteiger partial charge in [-0.25, -0.2) is 13.2 Å². The van der Waals surface area contributed by atoms with E-state index in [1.54, 1.807) is 6.07 Å². The minimum absolute atomic E-state index is 0.00481. The second kappa shape index (κ2) is 4.20. The van der Waals surface area contributed by atoms with Gasteiger partial charge in [-0.15, -0.1) is 0 Å². The summed E-state index contributed by atoms with van der Waals surface area (Å²) in [5.41, 5.74) is 0.430. The van der Waals surface area contributed by atoms with E-state index in [9.17, 15) is 22.0 Å². The third kappa shape index (κ3) is 1.82. The van der Waals surface area contributed by atoms with E-state index in [4.69, 9.17) is 5.11 Å². The van der Waals surface area contributed by atoms with Gasteiger partial charge in [-0.1, -0.05) is 18.2 Å². The Labute approximate surface area is 102 Å². The normalized spacial score (nSPS) is 19.1. The van der Waals surface area contributed by atoms with Crippen LogP contribution in [0.25, 0.3) is 0 Å². The molecule has 98 valence electrons. The van der Waals surface area contributed by atoms with Crippen LogP contribution >= 0.6 is 0 Å². The van der Waals surface area contributed by atoms with Gasteiger partial charge in [0.2, 0.25) is 0 Å². The second-order valence-corrected chi connectivity index (χ2v) is 5.57. The average Bonchev–Trinajstić information content (AvgIpc) is 2.68. The molecule has 1 aliphatic heterocycles. The van der Waals surface area contributed by atoms with E-state index in [1.165, 1.54) is 18.2 Å². The third-order valence-electron chi connectivity index (χ3n) is 2.71.